The topological polar surface area (TPSA) is 67.4 Å². The normalized spacial score (nSPS) is 10.2. The molecule has 0 saturated carbocycles. The van der Waals surface area contributed by atoms with Crippen LogP contribution in [0.3, 0.4) is 0 Å². The summed E-state index contributed by atoms with van der Waals surface area (Å²) in [5.41, 5.74) is 1.78. The van der Waals surface area contributed by atoms with Gasteiger partial charge in [0.05, 0.1) is 6.61 Å². The van der Waals surface area contributed by atoms with Crippen molar-refractivity contribution < 1.29 is 14.3 Å². The van der Waals surface area contributed by atoms with Crippen molar-refractivity contribution >= 4 is 17.5 Å². The summed E-state index contributed by atoms with van der Waals surface area (Å²) < 4.78 is 5.51. The molecule has 0 bridgehead atoms. The van der Waals surface area contributed by atoms with Crippen molar-refractivity contribution in [2.45, 2.75) is 33.1 Å². The first kappa shape index (κ1) is 19.5. The Morgan fingerprint density at radius 3 is 2.08 bits per heavy atom. The first-order chi connectivity index (χ1) is 12.6. The van der Waals surface area contributed by atoms with Gasteiger partial charge in [0.2, 0.25) is 0 Å². The molecule has 0 heterocycles. The van der Waals surface area contributed by atoms with Gasteiger partial charge in [-0.2, -0.15) is 0 Å². The maximum atomic E-state index is 12.3. The van der Waals surface area contributed by atoms with Gasteiger partial charge in [-0.15, -0.1) is 0 Å². The van der Waals surface area contributed by atoms with E-state index in [1.54, 1.807) is 48.5 Å². The molecule has 0 radical (unpaired) electrons. The summed E-state index contributed by atoms with van der Waals surface area (Å²) in [5.74, 6) is 0.452. The van der Waals surface area contributed by atoms with Gasteiger partial charge < -0.3 is 15.4 Å². The second kappa shape index (κ2) is 10.2. The lowest BCUT2D eigenvalue weighted by Crippen LogP contribution is -2.24. The van der Waals surface area contributed by atoms with E-state index in [9.17, 15) is 9.59 Å². The fourth-order valence-corrected chi connectivity index (χ4v) is 2.31. The number of unbranched alkanes of at least 4 members (excludes halogenated alkanes) is 1. The van der Waals surface area contributed by atoms with Crippen molar-refractivity contribution in [1.82, 2.24) is 5.32 Å². The predicted octanol–water partition coefficient (Wildman–Crippen LogP) is 4.26. The van der Waals surface area contributed by atoms with Crippen LogP contribution in [-0.2, 0) is 0 Å². The summed E-state index contributed by atoms with van der Waals surface area (Å²) in [5, 5.41) is 5.70. The van der Waals surface area contributed by atoms with Crippen LogP contribution >= 0.6 is 0 Å². The van der Waals surface area contributed by atoms with Gasteiger partial charge in [0.15, 0.2) is 0 Å². The molecule has 0 aromatic heterocycles. The number of carbonyl (C=O) groups excluding carboxylic acids is 2. The van der Waals surface area contributed by atoms with Crippen LogP contribution in [0.1, 0.15) is 53.8 Å². The van der Waals surface area contributed by atoms with E-state index in [-0.39, 0.29) is 11.8 Å². The maximum absolute atomic E-state index is 12.3. The zero-order chi connectivity index (χ0) is 18.8. The van der Waals surface area contributed by atoms with E-state index in [0.717, 1.165) is 25.0 Å². The molecular formula is C21H26N2O3. The van der Waals surface area contributed by atoms with Crippen LogP contribution in [0, 0.1) is 0 Å². The molecule has 0 unspecified atom stereocenters. The number of nitrogens with one attached hydrogen (secondary N) is 2. The highest BCUT2D eigenvalue weighted by Gasteiger charge is 2.08. The van der Waals surface area contributed by atoms with Crippen molar-refractivity contribution in [1.29, 1.82) is 0 Å². The number of hydrogen-bond acceptors (Lipinski definition) is 3. The summed E-state index contributed by atoms with van der Waals surface area (Å²) in [7, 11) is 0. The van der Waals surface area contributed by atoms with Gasteiger partial charge in [-0.25, -0.2) is 0 Å². The molecule has 2 rings (SSSR count). The zero-order valence-electron chi connectivity index (χ0n) is 15.4. The molecule has 0 aliphatic carbocycles. The second-order valence-corrected chi connectivity index (χ2v) is 6.01. The summed E-state index contributed by atoms with van der Waals surface area (Å²) in [6, 6.07) is 13.9. The summed E-state index contributed by atoms with van der Waals surface area (Å²) in [4.78, 5) is 24.3. The van der Waals surface area contributed by atoms with Crippen LogP contribution in [0.2, 0.25) is 0 Å². The molecule has 2 N–H and O–H groups in total. The lowest BCUT2D eigenvalue weighted by Gasteiger charge is -2.08. The molecule has 0 aliphatic heterocycles. The van der Waals surface area contributed by atoms with E-state index in [2.05, 4.69) is 17.6 Å². The SMILES string of the molecule is CCCCNC(=O)c1ccc(NC(=O)c2ccc(OCCC)cc2)cc1. The zero-order valence-corrected chi connectivity index (χ0v) is 15.4. The minimum atomic E-state index is -0.202. The quantitative estimate of drug-likeness (QED) is 0.661. The van der Waals surface area contributed by atoms with Gasteiger partial charge in [0.25, 0.3) is 11.8 Å². The Hall–Kier alpha value is -2.82. The number of benzene rings is 2. The molecule has 2 aromatic rings. The molecule has 0 aliphatic rings. The monoisotopic (exact) mass is 354 g/mol. The van der Waals surface area contributed by atoms with Crippen molar-refractivity contribution in [3.63, 3.8) is 0 Å². The number of amides is 2. The Morgan fingerprint density at radius 1 is 0.846 bits per heavy atom. The van der Waals surface area contributed by atoms with Crippen LogP contribution in [0.25, 0.3) is 0 Å². The van der Waals surface area contributed by atoms with E-state index in [1.807, 2.05) is 6.92 Å². The first-order valence-corrected chi connectivity index (χ1v) is 9.06. The molecule has 5 nitrogen and oxygen atoms in total. The van der Waals surface area contributed by atoms with Crippen LogP contribution in [0.4, 0.5) is 5.69 Å². The number of hydrogen-bond donors (Lipinski definition) is 2. The Bertz CT molecular complexity index is 709. The minimum absolute atomic E-state index is 0.0982. The van der Waals surface area contributed by atoms with Gasteiger partial charge in [-0.1, -0.05) is 20.3 Å². The largest absolute Gasteiger partial charge is 0.494 e. The molecule has 2 amide bonds. The van der Waals surface area contributed by atoms with Gasteiger partial charge in [0.1, 0.15) is 5.75 Å². The number of rotatable bonds is 9. The molecular weight excluding hydrogens is 328 g/mol. The minimum Gasteiger partial charge on any atom is -0.494 e. The third-order valence-electron chi connectivity index (χ3n) is 3.81. The number of carbonyl (C=O) groups is 2. The van der Waals surface area contributed by atoms with E-state index in [4.69, 9.17) is 4.74 Å². The lowest BCUT2D eigenvalue weighted by molar-refractivity contribution is 0.0952. The smallest absolute Gasteiger partial charge is 0.255 e. The third-order valence-corrected chi connectivity index (χ3v) is 3.81. The van der Waals surface area contributed by atoms with E-state index < -0.39 is 0 Å². The Labute approximate surface area is 154 Å². The van der Waals surface area contributed by atoms with Crippen molar-refractivity contribution in [3.05, 3.63) is 59.7 Å². The van der Waals surface area contributed by atoms with Crippen molar-refractivity contribution in [3.8, 4) is 5.75 Å². The molecule has 138 valence electrons. The first-order valence-electron chi connectivity index (χ1n) is 9.06. The average molecular weight is 354 g/mol. The molecule has 2 aromatic carbocycles. The highest BCUT2D eigenvalue weighted by atomic mass is 16.5. The van der Waals surface area contributed by atoms with Crippen LogP contribution in [-0.4, -0.2) is 25.0 Å². The van der Waals surface area contributed by atoms with Crippen LogP contribution < -0.4 is 15.4 Å². The van der Waals surface area contributed by atoms with Crippen molar-refractivity contribution in [2.75, 3.05) is 18.5 Å². The summed E-state index contributed by atoms with van der Waals surface area (Å²) in [6.07, 6.45) is 2.94. The number of ether oxygens (including phenoxy) is 1. The van der Waals surface area contributed by atoms with Gasteiger partial charge >= 0.3 is 0 Å². The fraction of sp³-hybridized carbons (Fsp3) is 0.333. The maximum Gasteiger partial charge on any atom is 0.255 e. The Balaban J connectivity index is 1.91. The Morgan fingerprint density at radius 2 is 1.46 bits per heavy atom. The summed E-state index contributed by atoms with van der Waals surface area (Å²) in [6.45, 7) is 5.45. The third kappa shape index (κ3) is 5.92. The van der Waals surface area contributed by atoms with E-state index in [0.29, 0.717) is 30.0 Å². The molecule has 26 heavy (non-hydrogen) atoms. The molecule has 0 spiro atoms. The highest BCUT2D eigenvalue weighted by Crippen LogP contribution is 2.15. The average Bonchev–Trinajstić information content (AvgIpc) is 2.67. The number of anilines is 1. The molecule has 0 atom stereocenters. The van der Waals surface area contributed by atoms with Crippen LogP contribution in [0.5, 0.6) is 5.75 Å². The van der Waals surface area contributed by atoms with Crippen molar-refractivity contribution in [2.24, 2.45) is 0 Å². The van der Waals surface area contributed by atoms with Crippen LogP contribution in [0.15, 0.2) is 48.5 Å². The highest BCUT2D eigenvalue weighted by molar-refractivity contribution is 6.04. The standard InChI is InChI=1S/C21H26N2O3/c1-3-5-14-22-20(24)16-6-10-18(11-7-16)23-21(25)17-8-12-19(13-9-17)26-15-4-2/h6-13H,3-5,14-15H2,1-2H3,(H,22,24)(H,23,25). The summed E-state index contributed by atoms with van der Waals surface area (Å²) >= 11 is 0. The predicted molar refractivity (Wildman–Crippen MR) is 104 cm³/mol. The van der Waals surface area contributed by atoms with Gasteiger partial charge in [0, 0.05) is 23.4 Å². The molecule has 5 heteroatoms. The van der Waals surface area contributed by atoms with E-state index >= 15 is 0 Å². The molecule has 0 fully saturated rings. The van der Waals surface area contributed by atoms with Gasteiger partial charge in [-0.05, 0) is 61.4 Å². The molecule has 0 saturated heterocycles. The lowest BCUT2D eigenvalue weighted by atomic mass is 10.1. The fourth-order valence-electron chi connectivity index (χ4n) is 2.31. The Kier molecular flexibility index (Phi) is 7.68. The van der Waals surface area contributed by atoms with Gasteiger partial charge in [-0.3, -0.25) is 9.59 Å². The second-order valence-electron chi connectivity index (χ2n) is 6.01. The van der Waals surface area contributed by atoms with E-state index in [1.165, 1.54) is 0 Å².